The zero-order valence-electron chi connectivity index (χ0n) is 17.2. The van der Waals surface area contributed by atoms with Gasteiger partial charge in [0.25, 0.3) is 17.7 Å². The van der Waals surface area contributed by atoms with Crippen LogP contribution in [0.5, 0.6) is 0 Å². The van der Waals surface area contributed by atoms with E-state index in [0.29, 0.717) is 17.7 Å². The number of carbonyl (C=O) groups excluding carboxylic acids is 3. The molecule has 2 heterocycles. The van der Waals surface area contributed by atoms with Gasteiger partial charge in [0.05, 0.1) is 29.9 Å². The van der Waals surface area contributed by atoms with Gasteiger partial charge in [-0.15, -0.1) is 0 Å². The topological polar surface area (TPSA) is 84.3 Å². The van der Waals surface area contributed by atoms with E-state index in [1.807, 2.05) is 29.1 Å². The maximum Gasteiger partial charge on any atom is 0.261 e. The van der Waals surface area contributed by atoms with Crippen molar-refractivity contribution in [3.8, 4) is 0 Å². The van der Waals surface area contributed by atoms with Crippen LogP contribution in [-0.2, 0) is 13.0 Å². The van der Waals surface area contributed by atoms with Crippen LogP contribution in [0.1, 0.15) is 66.8 Å². The normalized spacial score (nSPS) is 17.5. The first kappa shape index (κ1) is 19.2. The third kappa shape index (κ3) is 3.32. The van der Waals surface area contributed by atoms with E-state index in [1.165, 1.54) is 18.7 Å². The molecular weight excluding hydrogens is 392 g/mol. The molecule has 1 aliphatic heterocycles. The lowest BCUT2D eigenvalue weighted by Gasteiger charge is -2.24. The second kappa shape index (κ2) is 7.50. The van der Waals surface area contributed by atoms with Gasteiger partial charge >= 0.3 is 0 Å². The first-order valence-electron chi connectivity index (χ1n) is 10.4. The average Bonchev–Trinajstić information content (AvgIpc) is 3.30. The molecule has 0 bridgehead atoms. The van der Waals surface area contributed by atoms with Crippen molar-refractivity contribution in [1.82, 2.24) is 20.0 Å². The highest BCUT2D eigenvalue weighted by Crippen LogP contribution is 2.30. The molecule has 31 heavy (non-hydrogen) atoms. The third-order valence-electron chi connectivity index (χ3n) is 6.10. The number of carbonyl (C=O) groups is 3. The summed E-state index contributed by atoms with van der Waals surface area (Å²) in [7, 11) is 1.45. The lowest BCUT2D eigenvalue weighted by molar-refractivity contribution is 0.0693. The van der Waals surface area contributed by atoms with Crippen LogP contribution in [0.3, 0.4) is 0 Å². The van der Waals surface area contributed by atoms with E-state index in [2.05, 4.69) is 22.5 Å². The van der Waals surface area contributed by atoms with Gasteiger partial charge in [0.2, 0.25) is 0 Å². The first-order chi connectivity index (χ1) is 15.0. The van der Waals surface area contributed by atoms with Gasteiger partial charge in [0.15, 0.2) is 0 Å². The third-order valence-corrected chi connectivity index (χ3v) is 6.10. The fourth-order valence-corrected chi connectivity index (χ4v) is 4.41. The number of hydrogen-bond donors (Lipinski definition) is 1. The van der Waals surface area contributed by atoms with Crippen molar-refractivity contribution in [3.05, 3.63) is 88.2 Å². The van der Waals surface area contributed by atoms with Gasteiger partial charge < -0.3 is 5.32 Å². The van der Waals surface area contributed by atoms with Crippen LogP contribution in [0.25, 0.3) is 0 Å². The zero-order valence-corrected chi connectivity index (χ0v) is 17.2. The standard InChI is InChI=1S/C24H22N4O3/c1-27-23(30)17-11-10-16(12-18(17)24(27)31)22(29)26-20-8-5-9-21-19(20)13-25-28(21)14-15-6-3-2-4-7-15/h2-4,6-7,10-13,20H,5,8-9,14H2,1H3,(H,26,29). The van der Waals surface area contributed by atoms with E-state index in [0.717, 1.165) is 35.4 Å². The van der Waals surface area contributed by atoms with E-state index in [9.17, 15) is 14.4 Å². The van der Waals surface area contributed by atoms with Crippen molar-refractivity contribution in [3.63, 3.8) is 0 Å². The number of benzene rings is 2. The summed E-state index contributed by atoms with van der Waals surface area (Å²) in [5.41, 5.74) is 4.37. The molecule has 0 fully saturated rings. The van der Waals surface area contributed by atoms with Gasteiger partial charge in [-0.3, -0.25) is 24.0 Å². The molecule has 1 atom stereocenters. The zero-order chi connectivity index (χ0) is 21.5. The molecule has 7 nitrogen and oxygen atoms in total. The summed E-state index contributed by atoms with van der Waals surface area (Å²) in [5, 5.41) is 7.67. The van der Waals surface area contributed by atoms with Gasteiger partial charge in [-0.05, 0) is 43.0 Å². The summed E-state index contributed by atoms with van der Waals surface area (Å²) in [6.45, 7) is 0.700. The molecule has 1 aromatic heterocycles. The van der Waals surface area contributed by atoms with Crippen LogP contribution >= 0.6 is 0 Å². The lowest BCUT2D eigenvalue weighted by Crippen LogP contribution is -2.31. The first-order valence-corrected chi connectivity index (χ1v) is 10.4. The Kier molecular flexibility index (Phi) is 4.66. The molecule has 5 rings (SSSR count). The van der Waals surface area contributed by atoms with E-state index in [4.69, 9.17) is 0 Å². The molecule has 2 aromatic carbocycles. The number of nitrogens with zero attached hydrogens (tertiary/aromatic N) is 3. The minimum Gasteiger partial charge on any atom is -0.345 e. The van der Waals surface area contributed by atoms with Crippen molar-refractivity contribution in [1.29, 1.82) is 0 Å². The molecule has 1 unspecified atom stereocenters. The Hall–Kier alpha value is -3.74. The molecule has 156 valence electrons. The SMILES string of the molecule is CN1C(=O)c2ccc(C(=O)NC3CCCc4c3cnn4Cc3ccccc3)cc2C1=O. The Morgan fingerprint density at radius 2 is 1.87 bits per heavy atom. The summed E-state index contributed by atoms with van der Waals surface area (Å²) < 4.78 is 2.01. The number of imide groups is 1. The number of aromatic nitrogens is 2. The minimum absolute atomic E-state index is 0.131. The molecule has 1 aliphatic carbocycles. The maximum atomic E-state index is 12.9. The predicted molar refractivity (Wildman–Crippen MR) is 114 cm³/mol. The predicted octanol–water partition coefficient (Wildman–Crippen LogP) is 2.96. The van der Waals surface area contributed by atoms with E-state index in [-0.39, 0.29) is 29.3 Å². The van der Waals surface area contributed by atoms with Crippen LogP contribution in [0.4, 0.5) is 0 Å². The van der Waals surface area contributed by atoms with E-state index >= 15 is 0 Å². The molecule has 1 N–H and O–H groups in total. The Labute approximate surface area is 179 Å². The average molecular weight is 414 g/mol. The van der Waals surface area contributed by atoms with Gasteiger partial charge in [-0.25, -0.2) is 0 Å². The van der Waals surface area contributed by atoms with Gasteiger partial charge in [0, 0.05) is 23.9 Å². The van der Waals surface area contributed by atoms with Crippen molar-refractivity contribution < 1.29 is 14.4 Å². The summed E-state index contributed by atoms with van der Waals surface area (Å²) in [6, 6.07) is 14.7. The van der Waals surface area contributed by atoms with Crippen LogP contribution in [0.2, 0.25) is 0 Å². The molecule has 0 saturated heterocycles. The van der Waals surface area contributed by atoms with Crippen molar-refractivity contribution in [2.45, 2.75) is 31.8 Å². The Morgan fingerprint density at radius 1 is 1.10 bits per heavy atom. The number of hydrogen-bond acceptors (Lipinski definition) is 4. The molecule has 2 aliphatic rings. The second-order valence-corrected chi connectivity index (χ2v) is 8.04. The molecule has 3 aromatic rings. The number of fused-ring (bicyclic) bond motifs is 2. The van der Waals surface area contributed by atoms with Crippen molar-refractivity contribution >= 4 is 17.7 Å². The minimum atomic E-state index is -0.378. The lowest BCUT2D eigenvalue weighted by atomic mass is 9.92. The number of rotatable bonds is 4. The summed E-state index contributed by atoms with van der Waals surface area (Å²) in [5.74, 6) is -0.974. The highest BCUT2D eigenvalue weighted by Gasteiger charge is 2.33. The van der Waals surface area contributed by atoms with Crippen molar-refractivity contribution in [2.75, 3.05) is 7.05 Å². The van der Waals surface area contributed by atoms with Crippen LogP contribution in [-0.4, -0.2) is 39.4 Å². The Bertz CT molecular complexity index is 1200. The van der Waals surface area contributed by atoms with E-state index < -0.39 is 0 Å². The van der Waals surface area contributed by atoms with Crippen LogP contribution in [0, 0.1) is 0 Å². The largest absolute Gasteiger partial charge is 0.345 e. The summed E-state index contributed by atoms with van der Waals surface area (Å²) >= 11 is 0. The number of nitrogens with one attached hydrogen (secondary N) is 1. The highest BCUT2D eigenvalue weighted by atomic mass is 16.2. The Morgan fingerprint density at radius 3 is 2.68 bits per heavy atom. The maximum absolute atomic E-state index is 12.9. The fourth-order valence-electron chi connectivity index (χ4n) is 4.41. The van der Waals surface area contributed by atoms with Gasteiger partial charge in [0.1, 0.15) is 0 Å². The molecule has 0 spiro atoms. The molecule has 0 saturated carbocycles. The smallest absolute Gasteiger partial charge is 0.261 e. The number of amides is 3. The molecule has 7 heteroatoms. The summed E-state index contributed by atoms with van der Waals surface area (Å²) in [6.07, 6.45) is 4.57. The molecule has 3 amide bonds. The fraction of sp³-hybridized carbons (Fsp3) is 0.250. The molecular formula is C24H22N4O3. The highest BCUT2D eigenvalue weighted by molar-refractivity contribution is 6.21. The van der Waals surface area contributed by atoms with Crippen LogP contribution in [0.15, 0.2) is 54.7 Å². The monoisotopic (exact) mass is 414 g/mol. The second-order valence-electron chi connectivity index (χ2n) is 8.04. The summed E-state index contributed by atoms with van der Waals surface area (Å²) in [4.78, 5) is 38.3. The quantitative estimate of drug-likeness (QED) is 0.666. The molecule has 0 radical (unpaired) electrons. The van der Waals surface area contributed by atoms with Crippen molar-refractivity contribution in [2.24, 2.45) is 0 Å². The van der Waals surface area contributed by atoms with E-state index in [1.54, 1.807) is 12.1 Å². The van der Waals surface area contributed by atoms with Crippen LogP contribution < -0.4 is 5.32 Å². The van der Waals surface area contributed by atoms with Gasteiger partial charge in [-0.2, -0.15) is 5.10 Å². The van der Waals surface area contributed by atoms with Gasteiger partial charge in [-0.1, -0.05) is 30.3 Å². The Balaban J connectivity index is 1.36.